The molecule has 11 rings (SSSR count). The highest BCUT2D eigenvalue weighted by atomic mass is 32.1. The number of benzene rings is 8. The van der Waals surface area contributed by atoms with Gasteiger partial charge in [0.25, 0.3) is 0 Å². The number of nitrogens with zero attached hydrogens (tertiary/aromatic N) is 2. The van der Waals surface area contributed by atoms with Crippen molar-refractivity contribution in [2.75, 3.05) is 4.90 Å². The van der Waals surface area contributed by atoms with Gasteiger partial charge >= 0.3 is 0 Å². The van der Waals surface area contributed by atoms with E-state index in [2.05, 4.69) is 157 Å². The number of hydrogen-bond acceptors (Lipinski definition) is 5. The lowest BCUT2D eigenvalue weighted by molar-refractivity contribution is 0.542. The van der Waals surface area contributed by atoms with Crippen LogP contribution in [0.1, 0.15) is 17.0 Å². The molecular formula is C54H36N2O2S. The number of allylic oxidation sites excluding steroid dienone is 2. The summed E-state index contributed by atoms with van der Waals surface area (Å²) < 4.78 is 15.4. The Hall–Kier alpha value is -7.47. The van der Waals surface area contributed by atoms with E-state index < -0.39 is 0 Å². The fourth-order valence-electron chi connectivity index (χ4n) is 8.45. The van der Waals surface area contributed by atoms with Gasteiger partial charge in [-0.3, -0.25) is 0 Å². The van der Waals surface area contributed by atoms with Crippen molar-refractivity contribution in [2.45, 2.75) is 6.92 Å². The Morgan fingerprint density at radius 1 is 0.576 bits per heavy atom. The zero-order valence-corrected chi connectivity index (χ0v) is 33.0. The van der Waals surface area contributed by atoms with Gasteiger partial charge in [0.2, 0.25) is 5.89 Å². The molecule has 3 heterocycles. The Labute approximate surface area is 345 Å². The van der Waals surface area contributed by atoms with E-state index in [1.807, 2.05) is 60.7 Å². The van der Waals surface area contributed by atoms with Gasteiger partial charge in [0.05, 0.1) is 5.69 Å². The number of oxazole rings is 1. The Bertz CT molecular complexity index is 3410. The number of aryl methyl sites for hydroxylation is 1. The molecule has 0 aliphatic heterocycles. The monoisotopic (exact) mass is 776 g/mol. The van der Waals surface area contributed by atoms with Gasteiger partial charge in [-0.05, 0) is 119 Å². The molecule has 4 nitrogen and oxygen atoms in total. The van der Waals surface area contributed by atoms with E-state index in [-0.39, 0.29) is 0 Å². The van der Waals surface area contributed by atoms with Gasteiger partial charge in [0, 0.05) is 47.9 Å². The average Bonchev–Trinajstić information content (AvgIpc) is 3.98. The van der Waals surface area contributed by atoms with Crippen LogP contribution < -0.4 is 4.90 Å². The second-order valence-corrected chi connectivity index (χ2v) is 15.8. The Balaban J connectivity index is 1.000. The number of rotatable bonds is 8. The molecule has 0 aliphatic carbocycles. The van der Waals surface area contributed by atoms with Gasteiger partial charge < -0.3 is 13.7 Å². The molecule has 0 bridgehead atoms. The number of para-hydroxylation sites is 1. The molecule has 0 saturated carbocycles. The van der Waals surface area contributed by atoms with Crippen molar-refractivity contribution >= 4 is 92.9 Å². The zero-order valence-electron chi connectivity index (χ0n) is 32.2. The first kappa shape index (κ1) is 34.8. The van der Waals surface area contributed by atoms with E-state index in [1.54, 1.807) is 0 Å². The number of aromatic nitrogens is 1. The number of furan rings is 1. The number of anilines is 3. The molecule has 0 fully saturated rings. The molecule has 0 unspecified atom stereocenters. The molecule has 0 amide bonds. The first-order chi connectivity index (χ1) is 29.1. The molecule has 280 valence electrons. The molecule has 0 spiro atoms. The van der Waals surface area contributed by atoms with Crippen molar-refractivity contribution in [3.05, 3.63) is 206 Å². The normalized spacial score (nSPS) is 12.0. The van der Waals surface area contributed by atoms with Crippen LogP contribution in [0.25, 0.3) is 87.1 Å². The molecule has 0 aliphatic rings. The minimum atomic E-state index is 0.598. The van der Waals surface area contributed by atoms with Crippen molar-refractivity contribution in [3.63, 3.8) is 0 Å². The summed E-state index contributed by atoms with van der Waals surface area (Å²) in [7, 11) is 0. The lowest BCUT2D eigenvalue weighted by Gasteiger charge is -2.26. The Morgan fingerprint density at radius 2 is 1.27 bits per heavy atom. The third-order valence-corrected chi connectivity index (χ3v) is 12.4. The van der Waals surface area contributed by atoms with Gasteiger partial charge in [-0.2, -0.15) is 0 Å². The fourth-order valence-corrected chi connectivity index (χ4v) is 9.58. The van der Waals surface area contributed by atoms with Crippen molar-refractivity contribution in [2.24, 2.45) is 0 Å². The summed E-state index contributed by atoms with van der Waals surface area (Å²) in [6, 6.07) is 62.1. The van der Waals surface area contributed by atoms with E-state index in [4.69, 9.17) is 13.8 Å². The van der Waals surface area contributed by atoms with Crippen LogP contribution in [-0.2, 0) is 0 Å². The lowest BCUT2D eigenvalue weighted by Crippen LogP contribution is -2.10. The molecule has 3 aromatic heterocycles. The summed E-state index contributed by atoms with van der Waals surface area (Å²) in [6.45, 7) is 6.09. The third kappa shape index (κ3) is 5.94. The molecule has 8 aromatic carbocycles. The quantitative estimate of drug-likeness (QED) is 0.144. The molecule has 11 aromatic rings. The van der Waals surface area contributed by atoms with E-state index in [1.165, 1.54) is 25.6 Å². The minimum absolute atomic E-state index is 0.598. The van der Waals surface area contributed by atoms with Crippen LogP contribution in [0.3, 0.4) is 0 Å². The maximum atomic E-state index is 6.74. The van der Waals surface area contributed by atoms with Crippen LogP contribution in [0.15, 0.2) is 197 Å². The summed E-state index contributed by atoms with van der Waals surface area (Å²) >= 11 is 1.84. The number of fused-ring (bicyclic) bond motifs is 8. The fraction of sp³-hybridized carbons (Fsp3) is 0.0185. The van der Waals surface area contributed by atoms with E-state index in [0.29, 0.717) is 5.89 Å². The first-order valence-corrected chi connectivity index (χ1v) is 20.5. The topological polar surface area (TPSA) is 42.4 Å². The second kappa shape index (κ2) is 14.2. The number of hydrogen-bond donors (Lipinski definition) is 0. The molecule has 59 heavy (non-hydrogen) atoms. The highest BCUT2D eigenvalue weighted by molar-refractivity contribution is 7.26. The second-order valence-electron chi connectivity index (χ2n) is 14.8. The van der Waals surface area contributed by atoms with Gasteiger partial charge in [0.1, 0.15) is 22.6 Å². The summed E-state index contributed by atoms with van der Waals surface area (Å²) in [5.74, 6) is 1.35. The van der Waals surface area contributed by atoms with Gasteiger partial charge in [0.15, 0.2) is 0 Å². The largest absolute Gasteiger partial charge is 0.456 e. The average molecular weight is 777 g/mol. The highest BCUT2D eigenvalue weighted by Gasteiger charge is 2.20. The smallest absolute Gasteiger partial charge is 0.226 e. The van der Waals surface area contributed by atoms with Crippen molar-refractivity contribution < 1.29 is 8.83 Å². The lowest BCUT2D eigenvalue weighted by atomic mass is 9.94. The van der Waals surface area contributed by atoms with Crippen LogP contribution in [0.4, 0.5) is 17.1 Å². The summed E-state index contributed by atoms with van der Waals surface area (Å²) in [6.07, 6.45) is 3.89. The van der Waals surface area contributed by atoms with Gasteiger partial charge in [-0.15, -0.1) is 11.3 Å². The SMILES string of the molecule is C=C/C(=C\c1nc(-c2ccccc2)oc1C)c1ccc2c(c1)oc1cc(-c3ccc(N(c4ccccc4)c4cccc5sc6ccccc6c45)cc3)c3ccccc3c12. The third-order valence-electron chi connectivity index (χ3n) is 11.3. The Morgan fingerprint density at radius 3 is 2.07 bits per heavy atom. The van der Waals surface area contributed by atoms with Crippen molar-refractivity contribution in [3.8, 4) is 22.6 Å². The summed E-state index contributed by atoms with van der Waals surface area (Å²) in [5, 5.41) is 7.06. The molecule has 5 heteroatoms. The highest BCUT2D eigenvalue weighted by Crippen LogP contribution is 2.46. The predicted molar refractivity (Wildman–Crippen MR) is 249 cm³/mol. The van der Waals surface area contributed by atoms with E-state index >= 15 is 0 Å². The van der Waals surface area contributed by atoms with Gasteiger partial charge in [-0.1, -0.05) is 116 Å². The minimum Gasteiger partial charge on any atom is -0.456 e. The maximum absolute atomic E-state index is 6.74. The summed E-state index contributed by atoms with van der Waals surface area (Å²) in [5.41, 5.74) is 10.9. The van der Waals surface area contributed by atoms with Crippen LogP contribution >= 0.6 is 11.3 Å². The van der Waals surface area contributed by atoms with Crippen molar-refractivity contribution in [1.82, 2.24) is 4.98 Å². The van der Waals surface area contributed by atoms with Crippen LogP contribution in [0, 0.1) is 6.92 Å². The molecule has 0 radical (unpaired) electrons. The van der Waals surface area contributed by atoms with E-state index in [9.17, 15) is 0 Å². The van der Waals surface area contributed by atoms with Crippen molar-refractivity contribution in [1.29, 1.82) is 0 Å². The van der Waals surface area contributed by atoms with Crippen LogP contribution in [0.5, 0.6) is 0 Å². The Kier molecular flexibility index (Phi) is 8.35. The maximum Gasteiger partial charge on any atom is 0.226 e. The predicted octanol–water partition coefficient (Wildman–Crippen LogP) is 15.9. The summed E-state index contributed by atoms with van der Waals surface area (Å²) in [4.78, 5) is 7.19. The number of thiophene rings is 1. The van der Waals surface area contributed by atoms with Crippen LogP contribution in [-0.4, -0.2) is 4.98 Å². The molecule has 0 N–H and O–H groups in total. The van der Waals surface area contributed by atoms with E-state index in [0.717, 1.165) is 83.7 Å². The first-order valence-electron chi connectivity index (χ1n) is 19.7. The standard InChI is InChI=1S/C54H36N2O2S/c1-3-35(31-46-34(2)57-54(55-46)37-15-6-4-7-16-37)38-27-30-43-48(32-38)58-49-33-45(41-19-10-11-20-42(41)52(43)49)36-25-28-40(29-26-36)56(39-17-8-5-9-18-39)47-22-14-24-51-53(47)44-21-12-13-23-50(44)59-51/h3-33H,1H2,2H3/b35-31+. The van der Waals surface area contributed by atoms with Crippen LogP contribution in [0.2, 0.25) is 0 Å². The van der Waals surface area contributed by atoms with Gasteiger partial charge in [-0.25, -0.2) is 4.98 Å². The molecule has 0 atom stereocenters. The molecule has 0 saturated heterocycles. The zero-order chi connectivity index (χ0) is 39.5. The molecular weight excluding hydrogens is 741 g/mol.